The highest BCUT2D eigenvalue weighted by Gasteiger charge is 2.23. The molecule has 0 N–H and O–H groups in total. The molecule has 0 amide bonds. The Morgan fingerprint density at radius 3 is 2.69 bits per heavy atom. The Morgan fingerprint density at radius 2 is 2.15 bits per heavy atom. The second-order valence-electron chi connectivity index (χ2n) is 4.17. The van der Waals surface area contributed by atoms with Crippen LogP contribution in [0.5, 0.6) is 0 Å². The lowest BCUT2D eigenvalue weighted by Crippen LogP contribution is -2.35. The van der Waals surface area contributed by atoms with Crippen LogP contribution in [-0.2, 0) is 0 Å². The summed E-state index contributed by atoms with van der Waals surface area (Å²) in [4.78, 5) is 5.09. The van der Waals surface area contributed by atoms with E-state index >= 15 is 0 Å². The van der Waals surface area contributed by atoms with Crippen molar-refractivity contribution in [2.45, 2.75) is 39.2 Å². The highest BCUT2D eigenvalue weighted by atomic mass is 15.2. The lowest BCUT2D eigenvalue weighted by molar-refractivity contribution is 0.232. The molecule has 1 fully saturated rings. The van der Waals surface area contributed by atoms with Gasteiger partial charge in [0.25, 0.3) is 0 Å². The van der Waals surface area contributed by atoms with Gasteiger partial charge in [-0.2, -0.15) is 0 Å². The summed E-state index contributed by atoms with van der Waals surface area (Å²) < 4.78 is 0. The van der Waals surface area contributed by atoms with E-state index in [2.05, 4.69) is 30.7 Å². The van der Waals surface area contributed by atoms with Gasteiger partial charge in [0.1, 0.15) is 0 Å². The normalized spacial score (nSPS) is 24.5. The first-order chi connectivity index (χ1) is 6.27. The van der Waals surface area contributed by atoms with Crippen molar-refractivity contribution in [2.75, 3.05) is 33.2 Å². The standard InChI is InChI=1S/C11H24N2/c1-4-6-8-12(3)11-7-9-13(5-2)10-11/h11H,4-10H2,1-3H3. The topological polar surface area (TPSA) is 6.48 Å². The molecule has 1 unspecified atom stereocenters. The van der Waals surface area contributed by atoms with Crippen LogP contribution in [0.25, 0.3) is 0 Å². The Labute approximate surface area is 82.9 Å². The van der Waals surface area contributed by atoms with Crippen molar-refractivity contribution in [3.05, 3.63) is 0 Å². The molecule has 0 aromatic rings. The molecule has 1 rings (SSSR count). The molecule has 1 atom stereocenters. The van der Waals surface area contributed by atoms with E-state index in [0.29, 0.717) is 0 Å². The fraction of sp³-hybridized carbons (Fsp3) is 1.00. The Hall–Kier alpha value is -0.0800. The number of likely N-dealkylation sites (tertiary alicyclic amines) is 1. The van der Waals surface area contributed by atoms with Gasteiger partial charge in [0.05, 0.1) is 0 Å². The molecule has 0 radical (unpaired) electrons. The van der Waals surface area contributed by atoms with Gasteiger partial charge in [-0.15, -0.1) is 0 Å². The highest BCUT2D eigenvalue weighted by Crippen LogP contribution is 2.14. The number of rotatable bonds is 5. The van der Waals surface area contributed by atoms with Gasteiger partial charge < -0.3 is 9.80 Å². The van der Waals surface area contributed by atoms with E-state index in [0.717, 1.165) is 6.04 Å². The van der Waals surface area contributed by atoms with Gasteiger partial charge in [-0.1, -0.05) is 20.3 Å². The second-order valence-corrected chi connectivity index (χ2v) is 4.17. The van der Waals surface area contributed by atoms with Crippen molar-refractivity contribution in [1.82, 2.24) is 9.80 Å². The van der Waals surface area contributed by atoms with Crippen molar-refractivity contribution in [3.63, 3.8) is 0 Å². The van der Waals surface area contributed by atoms with Crippen molar-refractivity contribution in [2.24, 2.45) is 0 Å². The number of hydrogen-bond acceptors (Lipinski definition) is 2. The van der Waals surface area contributed by atoms with Crippen LogP contribution < -0.4 is 0 Å². The van der Waals surface area contributed by atoms with Gasteiger partial charge in [-0.25, -0.2) is 0 Å². The van der Waals surface area contributed by atoms with Gasteiger partial charge >= 0.3 is 0 Å². The summed E-state index contributed by atoms with van der Waals surface area (Å²) in [6.07, 6.45) is 4.03. The minimum absolute atomic E-state index is 0.825. The molecule has 2 heteroatoms. The first-order valence-electron chi connectivity index (χ1n) is 5.70. The predicted octanol–water partition coefficient (Wildman–Crippen LogP) is 1.81. The highest BCUT2D eigenvalue weighted by molar-refractivity contribution is 4.81. The monoisotopic (exact) mass is 184 g/mol. The van der Waals surface area contributed by atoms with Gasteiger partial charge in [-0.05, 0) is 39.5 Å². The molecule has 0 spiro atoms. The number of nitrogens with zero attached hydrogens (tertiary/aromatic N) is 2. The van der Waals surface area contributed by atoms with Gasteiger partial charge in [0, 0.05) is 12.6 Å². The van der Waals surface area contributed by atoms with E-state index < -0.39 is 0 Å². The zero-order valence-electron chi connectivity index (χ0n) is 9.42. The molecule has 2 nitrogen and oxygen atoms in total. The van der Waals surface area contributed by atoms with Crippen LogP contribution in [0.2, 0.25) is 0 Å². The Balaban J connectivity index is 2.20. The smallest absolute Gasteiger partial charge is 0.0232 e. The van der Waals surface area contributed by atoms with Crippen LogP contribution in [-0.4, -0.2) is 49.1 Å². The SMILES string of the molecule is CCCCN(C)C1CCN(CC)C1. The lowest BCUT2D eigenvalue weighted by atomic mass is 10.2. The first kappa shape index (κ1) is 11.0. The van der Waals surface area contributed by atoms with Crippen molar-refractivity contribution >= 4 is 0 Å². The van der Waals surface area contributed by atoms with Crippen LogP contribution in [0.15, 0.2) is 0 Å². The fourth-order valence-electron chi connectivity index (χ4n) is 2.05. The van der Waals surface area contributed by atoms with Crippen LogP contribution in [0.4, 0.5) is 0 Å². The van der Waals surface area contributed by atoms with Crippen molar-refractivity contribution in [3.8, 4) is 0 Å². The third-order valence-corrected chi connectivity index (χ3v) is 3.18. The van der Waals surface area contributed by atoms with E-state index in [9.17, 15) is 0 Å². The van der Waals surface area contributed by atoms with E-state index in [-0.39, 0.29) is 0 Å². The third-order valence-electron chi connectivity index (χ3n) is 3.18. The molecule has 1 aliphatic rings. The van der Waals surface area contributed by atoms with Crippen molar-refractivity contribution in [1.29, 1.82) is 0 Å². The molecule has 0 saturated carbocycles. The zero-order valence-corrected chi connectivity index (χ0v) is 9.42. The summed E-state index contributed by atoms with van der Waals surface area (Å²) in [6.45, 7) is 9.61. The minimum Gasteiger partial charge on any atom is -0.302 e. The lowest BCUT2D eigenvalue weighted by Gasteiger charge is -2.24. The van der Waals surface area contributed by atoms with E-state index in [1.54, 1.807) is 0 Å². The summed E-state index contributed by atoms with van der Waals surface area (Å²) in [5.41, 5.74) is 0. The summed E-state index contributed by atoms with van der Waals surface area (Å²) >= 11 is 0. The fourth-order valence-corrected chi connectivity index (χ4v) is 2.05. The van der Waals surface area contributed by atoms with Gasteiger partial charge in [0.2, 0.25) is 0 Å². The van der Waals surface area contributed by atoms with Gasteiger partial charge in [0.15, 0.2) is 0 Å². The molecular formula is C11H24N2. The molecule has 1 aliphatic heterocycles. The Morgan fingerprint density at radius 1 is 1.38 bits per heavy atom. The van der Waals surface area contributed by atoms with E-state index in [4.69, 9.17) is 0 Å². The molecule has 1 saturated heterocycles. The molecule has 0 aromatic carbocycles. The molecule has 13 heavy (non-hydrogen) atoms. The van der Waals surface area contributed by atoms with Crippen LogP contribution >= 0.6 is 0 Å². The van der Waals surface area contributed by atoms with Crippen molar-refractivity contribution < 1.29 is 0 Å². The van der Waals surface area contributed by atoms with E-state index in [1.165, 1.54) is 45.4 Å². The summed E-state index contributed by atoms with van der Waals surface area (Å²) in [5.74, 6) is 0. The molecule has 0 bridgehead atoms. The summed E-state index contributed by atoms with van der Waals surface area (Å²) in [7, 11) is 2.28. The number of unbranched alkanes of at least 4 members (excludes halogenated alkanes) is 1. The third kappa shape index (κ3) is 3.28. The molecular weight excluding hydrogens is 160 g/mol. The van der Waals surface area contributed by atoms with Crippen LogP contribution in [0.3, 0.4) is 0 Å². The quantitative estimate of drug-likeness (QED) is 0.643. The Bertz CT molecular complexity index is 136. The molecule has 1 heterocycles. The van der Waals surface area contributed by atoms with Gasteiger partial charge in [-0.3, -0.25) is 0 Å². The summed E-state index contributed by atoms with van der Waals surface area (Å²) in [5, 5.41) is 0. The summed E-state index contributed by atoms with van der Waals surface area (Å²) in [6, 6.07) is 0.825. The first-order valence-corrected chi connectivity index (χ1v) is 5.70. The van der Waals surface area contributed by atoms with Crippen LogP contribution in [0.1, 0.15) is 33.1 Å². The molecule has 0 aliphatic carbocycles. The average molecular weight is 184 g/mol. The van der Waals surface area contributed by atoms with Crippen LogP contribution in [0, 0.1) is 0 Å². The molecule has 0 aromatic heterocycles. The zero-order chi connectivity index (χ0) is 9.68. The maximum absolute atomic E-state index is 2.55. The predicted molar refractivity (Wildman–Crippen MR) is 58.1 cm³/mol. The average Bonchev–Trinajstić information content (AvgIpc) is 2.62. The second kappa shape index (κ2) is 5.61. The largest absolute Gasteiger partial charge is 0.302 e. The Kier molecular flexibility index (Phi) is 4.74. The minimum atomic E-state index is 0.825. The van der Waals surface area contributed by atoms with E-state index in [1.807, 2.05) is 0 Å². The number of hydrogen-bond donors (Lipinski definition) is 0. The maximum atomic E-state index is 2.55. The maximum Gasteiger partial charge on any atom is 0.0232 e. The molecule has 78 valence electrons. The number of likely N-dealkylation sites (N-methyl/N-ethyl adjacent to an activating group) is 2.